The topological polar surface area (TPSA) is 91.8 Å². The summed E-state index contributed by atoms with van der Waals surface area (Å²) in [5, 5.41) is 0. The quantitative estimate of drug-likeness (QED) is 0.786. The zero-order valence-corrected chi connectivity index (χ0v) is 16.0. The molecule has 2 saturated heterocycles. The van der Waals surface area contributed by atoms with Gasteiger partial charge in [0.25, 0.3) is 0 Å². The molecule has 138 valence electrons. The summed E-state index contributed by atoms with van der Waals surface area (Å²) in [6.45, 7) is 4.28. The van der Waals surface area contributed by atoms with Crippen molar-refractivity contribution in [3.8, 4) is 0 Å². The van der Waals surface area contributed by atoms with Crippen LogP contribution in [0.4, 0.5) is 5.69 Å². The van der Waals surface area contributed by atoms with Crippen molar-refractivity contribution in [1.82, 2.24) is 4.31 Å². The van der Waals surface area contributed by atoms with E-state index in [9.17, 15) is 21.6 Å². The second-order valence-electron chi connectivity index (χ2n) is 6.60. The van der Waals surface area contributed by atoms with Crippen LogP contribution in [0.3, 0.4) is 0 Å². The number of amides is 1. The van der Waals surface area contributed by atoms with Gasteiger partial charge >= 0.3 is 0 Å². The average molecular weight is 386 g/mol. The standard InChI is InChI=1S/C16H22N2O5S2/c1-12-10-14(18-15(19)6-9-24(18,20)21)11-13(2)16(12)25(22,23)17-7-4-3-5-8-17/h10-11H,3-9H2,1-2H3. The number of anilines is 1. The summed E-state index contributed by atoms with van der Waals surface area (Å²) in [7, 11) is -7.29. The van der Waals surface area contributed by atoms with Crippen LogP contribution >= 0.6 is 0 Å². The first-order chi connectivity index (χ1) is 11.6. The lowest BCUT2D eigenvalue weighted by molar-refractivity contribution is -0.116. The second-order valence-corrected chi connectivity index (χ2v) is 10.4. The predicted molar refractivity (Wildman–Crippen MR) is 94.4 cm³/mol. The van der Waals surface area contributed by atoms with Crippen molar-refractivity contribution < 1.29 is 21.6 Å². The van der Waals surface area contributed by atoms with E-state index in [0.29, 0.717) is 24.2 Å². The summed E-state index contributed by atoms with van der Waals surface area (Å²) < 4.78 is 52.5. The summed E-state index contributed by atoms with van der Waals surface area (Å²) in [4.78, 5) is 12.2. The van der Waals surface area contributed by atoms with Crippen LogP contribution in [0.25, 0.3) is 0 Å². The number of benzene rings is 1. The van der Waals surface area contributed by atoms with Gasteiger partial charge < -0.3 is 0 Å². The van der Waals surface area contributed by atoms with Crippen LogP contribution in [0, 0.1) is 13.8 Å². The molecule has 1 amide bonds. The van der Waals surface area contributed by atoms with Crippen molar-refractivity contribution in [3.63, 3.8) is 0 Å². The van der Waals surface area contributed by atoms with Gasteiger partial charge in [-0.3, -0.25) is 4.79 Å². The van der Waals surface area contributed by atoms with Gasteiger partial charge in [0.2, 0.25) is 26.0 Å². The summed E-state index contributed by atoms with van der Waals surface area (Å²) in [6.07, 6.45) is 2.66. The molecule has 0 saturated carbocycles. The Morgan fingerprint density at radius 3 is 2.04 bits per heavy atom. The Bertz CT molecular complexity index is 893. The Kier molecular flexibility index (Phi) is 4.67. The fraction of sp³-hybridized carbons (Fsp3) is 0.562. The Morgan fingerprint density at radius 1 is 1.00 bits per heavy atom. The van der Waals surface area contributed by atoms with Crippen LogP contribution in [-0.2, 0) is 24.8 Å². The van der Waals surface area contributed by atoms with E-state index in [-0.39, 0.29) is 22.8 Å². The lowest BCUT2D eigenvalue weighted by atomic mass is 10.1. The van der Waals surface area contributed by atoms with E-state index in [4.69, 9.17) is 0 Å². The van der Waals surface area contributed by atoms with Crippen molar-refractivity contribution in [2.24, 2.45) is 0 Å². The summed E-state index contributed by atoms with van der Waals surface area (Å²) >= 11 is 0. The molecule has 0 atom stereocenters. The number of rotatable bonds is 3. The lowest BCUT2D eigenvalue weighted by Crippen LogP contribution is -2.36. The lowest BCUT2D eigenvalue weighted by Gasteiger charge is -2.28. The fourth-order valence-corrected chi connectivity index (χ4v) is 6.93. The van der Waals surface area contributed by atoms with Gasteiger partial charge in [-0.05, 0) is 49.9 Å². The highest BCUT2D eigenvalue weighted by Gasteiger charge is 2.37. The SMILES string of the molecule is Cc1cc(N2C(=O)CCS2(=O)=O)cc(C)c1S(=O)(=O)N1CCCCC1. The molecule has 0 N–H and O–H groups in total. The molecule has 0 aliphatic carbocycles. The second kappa shape index (κ2) is 6.37. The zero-order valence-electron chi connectivity index (χ0n) is 14.4. The van der Waals surface area contributed by atoms with E-state index in [0.717, 1.165) is 23.6 Å². The molecule has 0 aromatic heterocycles. The van der Waals surface area contributed by atoms with Gasteiger partial charge in [0.15, 0.2) is 0 Å². The largest absolute Gasteiger partial charge is 0.273 e. The Balaban J connectivity index is 2.06. The van der Waals surface area contributed by atoms with Crippen LogP contribution in [0.5, 0.6) is 0 Å². The predicted octanol–water partition coefficient (Wildman–Crippen LogP) is 1.54. The van der Waals surface area contributed by atoms with Crippen LogP contribution < -0.4 is 4.31 Å². The molecule has 0 spiro atoms. The van der Waals surface area contributed by atoms with E-state index >= 15 is 0 Å². The molecular weight excluding hydrogens is 364 g/mol. The molecule has 9 heteroatoms. The van der Waals surface area contributed by atoms with E-state index in [1.54, 1.807) is 13.8 Å². The first kappa shape index (κ1) is 18.3. The van der Waals surface area contributed by atoms with E-state index in [2.05, 4.69) is 0 Å². The third-order valence-corrected chi connectivity index (χ3v) is 8.57. The maximum absolute atomic E-state index is 13.0. The molecule has 2 aliphatic rings. The van der Waals surface area contributed by atoms with Gasteiger partial charge in [0.05, 0.1) is 16.3 Å². The van der Waals surface area contributed by atoms with Crippen molar-refractivity contribution in [1.29, 1.82) is 0 Å². The number of carbonyl (C=O) groups excluding carboxylic acids is 1. The minimum absolute atomic E-state index is 0.0474. The van der Waals surface area contributed by atoms with Crippen LogP contribution in [-0.4, -0.2) is 45.9 Å². The van der Waals surface area contributed by atoms with E-state index < -0.39 is 26.0 Å². The van der Waals surface area contributed by atoms with Crippen molar-refractivity contribution in [2.45, 2.75) is 44.4 Å². The molecule has 2 aliphatic heterocycles. The molecule has 7 nitrogen and oxygen atoms in total. The molecule has 0 bridgehead atoms. The van der Waals surface area contributed by atoms with Crippen LogP contribution in [0.2, 0.25) is 0 Å². The highest BCUT2D eigenvalue weighted by atomic mass is 32.2. The van der Waals surface area contributed by atoms with Crippen molar-refractivity contribution in [3.05, 3.63) is 23.3 Å². The minimum atomic E-state index is -3.67. The Morgan fingerprint density at radius 2 is 1.56 bits per heavy atom. The summed E-state index contributed by atoms with van der Waals surface area (Å²) in [6, 6.07) is 2.95. The van der Waals surface area contributed by atoms with E-state index in [1.165, 1.54) is 16.4 Å². The number of hydrogen-bond donors (Lipinski definition) is 0. The molecule has 2 fully saturated rings. The molecule has 25 heavy (non-hydrogen) atoms. The molecule has 1 aromatic rings. The van der Waals surface area contributed by atoms with Crippen LogP contribution in [0.15, 0.2) is 17.0 Å². The Labute approximate surface area is 148 Å². The highest BCUT2D eigenvalue weighted by Crippen LogP contribution is 2.33. The van der Waals surface area contributed by atoms with E-state index in [1.807, 2.05) is 0 Å². The summed E-state index contributed by atoms with van der Waals surface area (Å²) in [5.41, 5.74) is 1.13. The Hall–Kier alpha value is -1.45. The zero-order chi connectivity index (χ0) is 18.4. The molecule has 2 heterocycles. The van der Waals surface area contributed by atoms with Crippen LogP contribution in [0.1, 0.15) is 36.8 Å². The smallest absolute Gasteiger partial charge is 0.243 e. The van der Waals surface area contributed by atoms with Gasteiger partial charge in [0, 0.05) is 19.5 Å². The monoisotopic (exact) mass is 386 g/mol. The van der Waals surface area contributed by atoms with Gasteiger partial charge in [-0.15, -0.1) is 0 Å². The molecular formula is C16H22N2O5S2. The van der Waals surface area contributed by atoms with Gasteiger partial charge in [0.1, 0.15) is 0 Å². The number of piperidine rings is 1. The molecule has 3 rings (SSSR count). The van der Waals surface area contributed by atoms with Gasteiger partial charge in [-0.1, -0.05) is 6.42 Å². The number of carbonyl (C=O) groups is 1. The fourth-order valence-electron chi connectivity index (χ4n) is 3.55. The maximum atomic E-state index is 13.0. The molecule has 1 aromatic carbocycles. The van der Waals surface area contributed by atoms with Gasteiger partial charge in [-0.2, -0.15) is 4.31 Å². The van der Waals surface area contributed by atoms with Crippen molar-refractivity contribution >= 4 is 31.6 Å². The average Bonchev–Trinajstić information content (AvgIpc) is 2.80. The number of hydrogen-bond acceptors (Lipinski definition) is 5. The first-order valence-electron chi connectivity index (χ1n) is 8.32. The highest BCUT2D eigenvalue weighted by molar-refractivity contribution is 7.94. The first-order valence-corrected chi connectivity index (χ1v) is 11.4. The molecule has 0 unspecified atom stereocenters. The van der Waals surface area contributed by atoms with Gasteiger partial charge in [-0.25, -0.2) is 21.1 Å². The summed E-state index contributed by atoms with van der Waals surface area (Å²) in [5.74, 6) is -0.692. The number of nitrogens with zero attached hydrogens (tertiary/aromatic N) is 2. The minimum Gasteiger partial charge on any atom is -0.273 e. The maximum Gasteiger partial charge on any atom is 0.243 e. The molecule has 0 radical (unpaired) electrons. The number of aryl methyl sites for hydroxylation is 2. The normalized spacial score (nSPS) is 21.7. The third-order valence-electron chi connectivity index (χ3n) is 4.67. The third kappa shape index (κ3) is 3.20. The number of sulfonamides is 2. The van der Waals surface area contributed by atoms with Crippen molar-refractivity contribution in [2.75, 3.05) is 23.1 Å².